The van der Waals surface area contributed by atoms with Crippen LogP contribution in [0.4, 0.5) is 5.69 Å². The number of fused-ring (bicyclic) bond motifs is 1. The van der Waals surface area contributed by atoms with Crippen molar-refractivity contribution in [1.82, 2.24) is 30.2 Å². The second-order valence-electron chi connectivity index (χ2n) is 6.75. The molecule has 9 nitrogen and oxygen atoms in total. The van der Waals surface area contributed by atoms with Crippen LogP contribution in [0.25, 0.3) is 16.7 Å². The summed E-state index contributed by atoms with van der Waals surface area (Å²) in [6, 6.07) is 11.2. The third-order valence-electron chi connectivity index (χ3n) is 4.47. The van der Waals surface area contributed by atoms with Gasteiger partial charge in [-0.25, -0.2) is 4.79 Å². The number of rotatable bonds is 5. The Bertz CT molecular complexity index is 1260. The van der Waals surface area contributed by atoms with Gasteiger partial charge in [0.15, 0.2) is 0 Å². The van der Waals surface area contributed by atoms with E-state index >= 15 is 0 Å². The molecule has 0 aliphatic rings. The van der Waals surface area contributed by atoms with E-state index in [4.69, 9.17) is 0 Å². The Morgan fingerprint density at radius 3 is 2.76 bits per heavy atom. The minimum atomic E-state index is -0.439. The lowest BCUT2D eigenvalue weighted by atomic mass is 10.1. The SMILES string of the molecule is Cc1ccc(C)c(-n2nnnc2S[C@H](C)C(=O)Nc2ccc3[nH]c(=O)[nH]c3c2)c1. The van der Waals surface area contributed by atoms with Crippen LogP contribution in [-0.2, 0) is 4.79 Å². The van der Waals surface area contributed by atoms with Gasteiger partial charge in [0.25, 0.3) is 0 Å². The lowest BCUT2D eigenvalue weighted by molar-refractivity contribution is -0.115. The number of benzene rings is 2. The minimum absolute atomic E-state index is 0.192. The highest BCUT2D eigenvalue weighted by Gasteiger charge is 2.20. The van der Waals surface area contributed by atoms with Gasteiger partial charge in [-0.1, -0.05) is 23.9 Å². The molecule has 4 rings (SSSR count). The highest BCUT2D eigenvalue weighted by molar-refractivity contribution is 8.00. The van der Waals surface area contributed by atoms with Crippen molar-refractivity contribution in [2.24, 2.45) is 0 Å². The van der Waals surface area contributed by atoms with Gasteiger partial charge in [0.05, 0.1) is 22.0 Å². The Labute approximate surface area is 169 Å². The largest absolute Gasteiger partial charge is 0.325 e. The second-order valence-corrected chi connectivity index (χ2v) is 8.06. The molecule has 0 fully saturated rings. The fourth-order valence-electron chi connectivity index (χ4n) is 2.92. The van der Waals surface area contributed by atoms with Crippen molar-refractivity contribution in [3.8, 4) is 5.69 Å². The van der Waals surface area contributed by atoms with Gasteiger partial charge >= 0.3 is 5.69 Å². The molecule has 4 aromatic rings. The predicted molar refractivity (Wildman–Crippen MR) is 111 cm³/mol. The van der Waals surface area contributed by atoms with E-state index in [1.54, 1.807) is 29.8 Å². The van der Waals surface area contributed by atoms with Crippen molar-refractivity contribution in [1.29, 1.82) is 0 Å². The van der Waals surface area contributed by atoms with Gasteiger partial charge in [0.2, 0.25) is 11.1 Å². The molecule has 2 aromatic carbocycles. The molecule has 0 aliphatic heterocycles. The first-order valence-corrected chi connectivity index (χ1v) is 9.84. The van der Waals surface area contributed by atoms with E-state index in [0.717, 1.165) is 16.8 Å². The van der Waals surface area contributed by atoms with E-state index < -0.39 is 5.25 Å². The van der Waals surface area contributed by atoms with Crippen LogP contribution >= 0.6 is 11.8 Å². The summed E-state index contributed by atoms with van der Waals surface area (Å²) in [5.74, 6) is -0.192. The van der Waals surface area contributed by atoms with Crippen molar-refractivity contribution in [3.05, 3.63) is 58.0 Å². The molecule has 0 unspecified atom stereocenters. The summed E-state index contributed by atoms with van der Waals surface area (Å²) in [6.45, 7) is 5.78. The van der Waals surface area contributed by atoms with Gasteiger partial charge in [0, 0.05) is 5.69 Å². The van der Waals surface area contributed by atoms with E-state index in [0.29, 0.717) is 21.9 Å². The molecule has 0 saturated heterocycles. The lowest BCUT2D eigenvalue weighted by Crippen LogP contribution is -2.23. The van der Waals surface area contributed by atoms with Gasteiger partial charge in [-0.05, 0) is 66.6 Å². The summed E-state index contributed by atoms with van der Waals surface area (Å²) in [5, 5.41) is 14.9. The number of nitrogens with zero attached hydrogens (tertiary/aromatic N) is 4. The highest BCUT2D eigenvalue weighted by atomic mass is 32.2. The third kappa shape index (κ3) is 3.92. The van der Waals surface area contributed by atoms with E-state index in [-0.39, 0.29) is 11.6 Å². The zero-order chi connectivity index (χ0) is 20.5. The standard InChI is InChI=1S/C19H19N7O2S/c1-10-4-5-11(2)16(8-10)26-19(23-24-25-26)29-12(3)17(27)20-13-6-7-14-15(9-13)22-18(28)21-14/h4-9,12H,1-3H3,(H,20,27)(H2,21,22,28)/t12-/m1/s1. The topological polar surface area (TPSA) is 121 Å². The molecule has 0 radical (unpaired) electrons. The van der Waals surface area contributed by atoms with Crippen LogP contribution in [0.15, 0.2) is 46.3 Å². The molecule has 0 bridgehead atoms. The first kappa shape index (κ1) is 18.9. The van der Waals surface area contributed by atoms with Gasteiger partial charge in [-0.2, -0.15) is 4.68 Å². The highest BCUT2D eigenvalue weighted by Crippen LogP contribution is 2.26. The molecule has 29 heavy (non-hydrogen) atoms. The van der Waals surface area contributed by atoms with E-state index in [1.165, 1.54) is 11.8 Å². The Morgan fingerprint density at radius 2 is 1.93 bits per heavy atom. The Morgan fingerprint density at radius 1 is 1.14 bits per heavy atom. The monoisotopic (exact) mass is 409 g/mol. The number of aryl methyl sites for hydroxylation is 2. The van der Waals surface area contributed by atoms with Crippen LogP contribution in [0.2, 0.25) is 0 Å². The number of hydrogen-bond acceptors (Lipinski definition) is 6. The molecule has 1 atom stereocenters. The summed E-state index contributed by atoms with van der Waals surface area (Å²) in [7, 11) is 0. The average Bonchev–Trinajstić information content (AvgIpc) is 3.28. The number of amides is 1. The molecule has 2 aromatic heterocycles. The summed E-state index contributed by atoms with van der Waals surface area (Å²) >= 11 is 1.27. The Hall–Kier alpha value is -3.40. The number of imidazole rings is 1. The number of anilines is 1. The molecule has 148 valence electrons. The molecule has 2 heterocycles. The summed E-state index contributed by atoms with van der Waals surface area (Å²) in [6.07, 6.45) is 0. The number of aromatic amines is 2. The van der Waals surface area contributed by atoms with Gasteiger partial charge in [-0.15, -0.1) is 5.10 Å². The second kappa shape index (κ2) is 7.55. The molecule has 1 amide bonds. The van der Waals surface area contributed by atoms with Crippen LogP contribution in [0.1, 0.15) is 18.1 Å². The molecular weight excluding hydrogens is 390 g/mol. The van der Waals surface area contributed by atoms with Crippen LogP contribution in [-0.4, -0.2) is 41.3 Å². The molecular formula is C19H19N7O2S. The molecule has 0 spiro atoms. The molecule has 3 N–H and O–H groups in total. The number of carbonyl (C=O) groups excluding carboxylic acids is 1. The first-order valence-electron chi connectivity index (χ1n) is 8.96. The third-order valence-corrected chi connectivity index (χ3v) is 5.50. The zero-order valence-electron chi connectivity index (χ0n) is 16.1. The molecule has 10 heteroatoms. The fourth-order valence-corrected chi connectivity index (χ4v) is 3.72. The normalized spacial score (nSPS) is 12.2. The van der Waals surface area contributed by atoms with Crippen molar-refractivity contribution in [2.75, 3.05) is 5.32 Å². The number of tetrazole rings is 1. The number of hydrogen-bond donors (Lipinski definition) is 3. The maximum atomic E-state index is 12.7. The Kier molecular flexibility index (Phi) is 4.93. The van der Waals surface area contributed by atoms with Crippen molar-refractivity contribution >= 4 is 34.4 Å². The van der Waals surface area contributed by atoms with Gasteiger partial charge in [-0.3, -0.25) is 4.79 Å². The fraction of sp³-hybridized carbons (Fsp3) is 0.211. The predicted octanol–water partition coefficient (Wildman–Crippen LogP) is 2.57. The van der Waals surface area contributed by atoms with E-state index in [2.05, 4.69) is 30.8 Å². The van der Waals surface area contributed by atoms with E-state index in [9.17, 15) is 9.59 Å². The summed E-state index contributed by atoms with van der Waals surface area (Å²) in [4.78, 5) is 29.4. The number of thioether (sulfide) groups is 1. The maximum absolute atomic E-state index is 12.7. The van der Waals surface area contributed by atoms with Crippen LogP contribution < -0.4 is 11.0 Å². The first-order chi connectivity index (χ1) is 13.9. The summed E-state index contributed by atoms with van der Waals surface area (Å²) in [5.41, 5.74) is 4.64. The molecule has 0 aliphatic carbocycles. The minimum Gasteiger partial charge on any atom is -0.325 e. The smallest absolute Gasteiger partial charge is 0.323 e. The van der Waals surface area contributed by atoms with E-state index in [1.807, 2.05) is 32.0 Å². The number of carbonyl (C=O) groups is 1. The quantitative estimate of drug-likeness (QED) is 0.436. The maximum Gasteiger partial charge on any atom is 0.323 e. The van der Waals surface area contributed by atoms with Crippen LogP contribution in [0.5, 0.6) is 0 Å². The van der Waals surface area contributed by atoms with Crippen LogP contribution in [0.3, 0.4) is 0 Å². The lowest BCUT2D eigenvalue weighted by Gasteiger charge is -2.13. The van der Waals surface area contributed by atoms with Gasteiger partial charge in [0.1, 0.15) is 0 Å². The number of nitrogens with one attached hydrogen (secondary N) is 3. The zero-order valence-corrected chi connectivity index (χ0v) is 16.9. The van der Waals surface area contributed by atoms with Crippen molar-refractivity contribution < 1.29 is 4.79 Å². The number of H-pyrrole nitrogens is 2. The van der Waals surface area contributed by atoms with Crippen molar-refractivity contribution in [2.45, 2.75) is 31.2 Å². The Balaban J connectivity index is 1.51. The van der Waals surface area contributed by atoms with Crippen molar-refractivity contribution in [3.63, 3.8) is 0 Å². The number of aromatic nitrogens is 6. The average molecular weight is 409 g/mol. The van der Waals surface area contributed by atoms with Crippen LogP contribution in [0, 0.1) is 13.8 Å². The summed E-state index contributed by atoms with van der Waals surface area (Å²) < 4.78 is 1.65. The molecule has 0 saturated carbocycles. The van der Waals surface area contributed by atoms with Gasteiger partial charge < -0.3 is 15.3 Å².